The molecule has 1 aliphatic rings. The Bertz CT molecular complexity index is 737. The Morgan fingerprint density at radius 1 is 1.26 bits per heavy atom. The van der Waals surface area contributed by atoms with Gasteiger partial charge in [0.05, 0.1) is 18.4 Å². The molecule has 0 spiro atoms. The molecule has 0 saturated carbocycles. The molecule has 0 bridgehead atoms. The monoisotopic (exact) mass is 330 g/mol. The summed E-state index contributed by atoms with van der Waals surface area (Å²) in [6.07, 6.45) is 3.17. The van der Waals surface area contributed by atoms with E-state index in [1.54, 1.807) is 35.6 Å². The number of rotatable bonds is 3. The van der Waals surface area contributed by atoms with Gasteiger partial charge in [-0.2, -0.15) is 0 Å². The number of benzene rings is 1. The average molecular weight is 330 g/mol. The number of nitrogens with zero attached hydrogens (tertiary/aromatic N) is 1. The number of hydrogen-bond acceptors (Lipinski definition) is 5. The first-order valence-corrected chi connectivity index (χ1v) is 8.36. The van der Waals surface area contributed by atoms with Crippen LogP contribution in [0, 0.1) is 5.92 Å². The maximum absolute atomic E-state index is 12.3. The summed E-state index contributed by atoms with van der Waals surface area (Å²) in [5.74, 6) is 0.0385. The van der Waals surface area contributed by atoms with E-state index in [0.29, 0.717) is 22.2 Å². The van der Waals surface area contributed by atoms with Crippen LogP contribution in [-0.4, -0.2) is 24.0 Å². The summed E-state index contributed by atoms with van der Waals surface area (Å²) in [5, 5.41) is 3.49. The van der Waals surface area contributed by atoms with Gasteiger partial charge in [0.2, 0.25) is 0 Å². The van der Waals surface area contributed by atoms with E-state index < -0.39 is 5.97 Å². The van der Waals surface area contributed by atoms with Crippen molar-refractivity contribution in [1.29, 1.82) is 0 Å². The minimum absolute atomic E-state index is 0.222. The molecule has 0 fully saturated rings. The summed E-state index contributed by atoms with van der Waals surface area (Å²) >= 11 is 1.56. The molecule has 0 unspecified atom stereocenters. The molecule has 5 nitrogen and oxygen atoms in total. The predicted molar refractivity (Wildman–Crippen MR) is 89.0 cm³/mol. The molecular weight excluding hydrogens is 312 g/mol. The molecule has 0 aliphatic heterocycles. The number of ether oxygens (including phenoxy) is 1. The van der Waals surface area contributed by atoms with Crippen LogP contribution in [0.15, 0.2) is 24.3 Å². The summed E-state index contributed by atoms with van der Waals surface area (Å²) in [6, 6.07) is 6.37. The largest absolute Gasteiger partial charge is 0.465 e. The molecule has 1 heterocycles. The zero-order valence-electron chi connectivity index (χ0n) is 13.1. The van der Waals surface area contributed by atoms with E-state index in [-0.39, 0.29) is 5.91 Å². The normalized spacial score (nSPS) is 16.5. The minimum atomic E-state index is -0.418. The average Bonchev–Trinajstić information content (AvgIpc) is 2.95. The molecule has 1 aromatic heterocycles. The number of thiazole rings is 1. The first-order valence-electron chi connectivity index (χ1n) is 7.55. The van der Waals surface area contributed by atoms with Gasteiger partial charge in [0.25, 0.3) is 5.91 Å². The van der Waals surface area contributed by atoms with Crippen molar-refractivity contribution in [2.75, 3.05) is 12.4 Å². The Balaban J connectivity index is 1.71. The van der Waals surface area contributed by atoms with Crippen LogP contribution >= 0.6 is 11.3 Å². The highest BCUT2D eigenvalue weighted by atomic mass is 32.1. The van der Waals surface area contributed by atoms with E-state index in [4.69, 9.17) is 0 Å². The highest BCUT2D eigenvalue weighted by molar-refractivity contribution is 7.15. The Morgan fingerprint density at radius 2 is 1.96 bits per heavy atom. The van der Waals surface area contributed by atoms with Gasteiger partial charge in [-0.15, -0.1) is 11.3 Å². The van der Waals surface area contributed by atoms with Crippen LogP contribution in [0.25, 0.3) is 0 Å². The predicted octanol–water partition coefficient (Wildman–Crippen LogP) is 3.31. The van der Waals surface area contributed by atoms with Crippen LogP contribution < -0.4 is 5.32 Å². The number of aromatic nitrogens is 1. The van der Waals surface area contributed by atoms with Gasteiger partial charge in [-0.1, -0.05) is 6.92 Å². The lowest BCUT2D eigenvalue weighted by molar-refractivity contribution is 0.0600. The second-order valence-electron chi connectivity index (χ2n) is 5.76. The van der Waals surface area contributed by atoms with Crippen LogP contribution in [0.5, 0.6) is 0 Å². The molecule has 0 radical (unpaired) electrons. The number of amides is 1. The zero-order valence-corrected chi connectivity index (χ0v) is 13.9. The number of carbonyl (C=O) groups excluding carboxylic acids is 2. The SMILES string of the molecule is COC(=O)c1ccc(C(=O)Nc2nc3c(s2)C[C@H](C)CC3)cc1. The quantitative estimate of drug-likeness (QED) is 0.877. The molecule has 1 aromatic carbocycles. The maximum atomic E-state index is 12.3. The first kappa shape index (κ1) is 15.7. The highest BCUT2D eigenvalue weighted by Crippen LogP contribution is 2.32. The van der Waals surface area contributed by atoms with E-state index in [1.807, 2.05) is 0 Å². The van der Waals surface area contributed by atoms with Gasteiger partial charge in [0.1, 0.15) is 0 Å². The van der Waals surface area contributed by atoms with Gasteiger partial charge in [0, 0.05) is 10.4 Å². The van der Waals surface area contributed by atoms with Crippen molar-refractivity contribution in [2.45, 2.75) is 26.2 Å². The van der Waals surface area contributed by atoms with Crippen molar-refractivity contribution in [3.63, 3.8) is 0 Å². The van der Waals surface area contributed by atoms with Gasteiger partial charge in [-0.3, -0.25) is 10.1 Å². The fourth-order valence-corrected chi connectivity index (χ4v) is 3.80. The second-order valence-corrected chi connectivity index (χ2v) is 6.84. The number of anilines is 1. The van der Waals surface area contributed by atoms with E-state index in [1.165, 1.54) is 12.0 Å². The molecule has 3 rings (SSSR count). The van der Waals surface area contributed by atoms with Crippen molar-refractivity contribution in [1.82, 2.24) is 4.98 Å². The van der Waals surface area contributed by atoms with Gasteiger partial charge in [0.15, 0.2) is 5.13 Å². The van der Waals surface area contributed by atoms with E-state index in [9.17, 15) is 9.59 Å². The fraction of sp³-hybridized carbons (Fsp3) is 0.353. The Morgan fingerprint density at radius 3 is 2.65 bits per heavy atom. The van der Waals surface area contributed by atoms with Gasteiger partial charge >= 0.3 is 5.97 Å². The van der Waals surface area contributed by atoms with Crippen LogP contribution in [0.1, 0.15) is 44.6 Å². The lowest BCUT2D eigenvalue weighted by Crippen LogP contribution is -2.12. The number of esters is 1. The summed E-state index contributed by atoms with van der Waals surface area (Å²) in [6.45, 7) is 2.24. The third-order valence-electron chi connectivity index (χ3n) is 3.97. The van der Waals surface area contributed by atoms with E-state index >= 15 is 0 Å². The van der Waals surface area contributed by atoms with Crippen molar-refractivity contribution < 1.29 is 14.3 Å². The second kappa shape index (κ2) is 6.50. The number of carbonyl (C=O) groups is 2. The number of fused-ring (bicyclic) bond motifs is 1. The molecule has 1 N–H and O–H groups in total. The minimum Gasteiger partial charge on any atom is -0.465 e. The maximum Gasteiger partial charge on any atom is 0.337 e. The van der Waals surface area contributed by atoms with Gasteiger partial charge in [-0.25, -0.2) is 9.78 Å². The van der Waals surface area contributed by atoms with Crippen molar-refractivity contribution >= 4 is 28.3 Å². The Hall–Kier alpha value is -2.21. The topological polar surface area (TPSA) is 68.3 Å². The smallest absolute Gasteiger partial charge is 0.337 e. The van der Waals surface area contributed by atoms with E-state index in [0.717, 1.165) is 25.0 Å². The van der Waals surface area contributed by atoms with Gasteiger partial charge < -0.3 is 4.74 Å². The molecule has 0 saturated heterocycles. The van der Waals surface area contributed by atoms with Crippen molar-refractivity contribution in [3.05, 3.63) is 46.0 Å². The number of aryl methyl sites for hydroxylation is 1. The van der Waals surface area contributed by atoms with Gasteiger partial charge in [-0.05, 0) is 49.4 Å². The van der Waals surface area contributed by atoms with Crippen molar-refractivity contribution in [2.24, 2.45) is 5.92 Å². The first-order chi connectivity index (χ1) is 11.1. The van der Waals surface area contributed by atoms with Crippen LogP contribution in [0.3, 0.4) is 0 Å². The van der Waals surface area contributed by atoms with Crippen LogP contribution in [0.4, 0.5) is 5.13 Å². The zero-order chi connectivity index (χ0) is 16.4. The summed E-state index contributed by atoms with van der Waals surface area (Å²) < 4.78 is 4.64. The molecule has 1 amide bonds. The number of hydrogen-bond donors (Lipinski definition) is 1. The molecule has 23 heavy (non-hydrogen) atoms. The molecular formula is C17H18N2O3S. The summed E-state index contributed by atoms with van der Waals surface area (Å²) in [4.78, 5) is 29.5. The third-order valence-corrected chi connectivity index (χ3v) is 5.01. The molecule has 120 valence electrons. The van der Waals surface area contributed by atoms with E-state index in [2.05, 4.69) is 22.0 Å². The van der Waals surface area contributed by atoms with Crippen molar-refractivity contribution in [3.8, 4) is 0 Å². The Labute approximate surface area is 138 Å². The fourth-order valence-electron chi connectivity index (χ4n) is 2.64. The number of methoxy groups -OCH3 is 1. The highest BCUT2D eigenvalue weighted by Gasteiger charge is 2.20. The Kier molecular flexibility index (Phi) is 4.43. The molecule has 1 aliphatic carbocycles. The number of nitrogens with one attached hydrogen (secondary N) is 1. The molecule has 1 atom stereocenters. The lowest BCUT2D eigenvalue weighted by Gasteiger charge is -2.15. The lowest BCUT2D eigenvalue weighted by atomic mass is 9.93. The molecule has 2 aromatic rings. The van der Waals surface area contributed by atoms with Crippen LogP contribution in [0.2, 0.25) is 0 Å². The standard InChI is InChI=1S/C17H18N2O3S/c1-10-3-8-13-14(9-10)23-17(18-13)19-15(20)11-4-6-12(7-5-11)16(21)22-2/h4-7,10H,3,8-9H2,1-2H3,(H,18,19,20)/t10-/m1/s1. The third kappa shape index (κ3) is 3.42. The molecule has 6 heteroatoms. The van der Waals surface area contributed by atoms with Crippen LogP contribution in [-0.2, 0) is 17.6 Å². The summed E-state index contributed by atoms with van der Waals surface area (Å²) in [5.41, 5.74) is 2.02. The summed E-state index contributed by atoms with van der Waals surface area (Å²) in [7, 11) is 1.33.